The van der Waals surface area contributed by atoms with Gasteiger partial charge in [-0.25, -0.2) is 0 Å². The van der Waals surface area contributed by atoms with Gasteiger partial charge in [-0.1, -0.05) is 36.4 Å². The minimum absolute atomic E-state index is 0.0349. The Morgan fingerprint density at radius 3 is 2.53 bits per heavy atom. The number of likely N-dealkylation sites (tertiary alicyclic amines) is 1. The van der Waals surface area contributed by atoms with E-state index in [0.29, 0.717) is 11.9 Å². The Labute approximate surface area is 189 Å². The van der Waals surface area contributed by atoms with Gasteiger partial charge in [0.15, 0.2) is 11.5 Å². The van der Waals surface area contributed by atoms with E-state index in [-0.39, 0.29) is 5.91 Å². The third-order valence-electron chi connectivity index (χ3n) is 6.94. The van der Waals surface area contributed by atoms with Crippen LogP contribution in [-0.2, 0) is 11.3 Å². The zero-order chi connectivity index (χ0) is 22.0. The van der Waals surface area contributed by atoms with Crippen LogP contribution < -0.4 is 14.8 Å². The van der Waals surface area contributed by atoms with Gasteiger partial charge in [0.1, 0.15) is 11.4 Å². The maximum Gasteiger partial charge on any atom is 0.253 e. The molecule has 1 aliphatic carbocycles. The SMILES string of the molecule is COc1ccc(CN2CCC3(CC2)N=C(c2ccccc2)NC3=O)cc1OC1CCCC1. The van der Waals surface area contributed by atoms with Gasteiger partial charge >= 0.3 is 0 Å². The molecule has 1 amide bonds. The zero-order valence-electron chi connectivity index (χ0n) is 18.7. The second-order valence-corrected chi connectivity index (χ2v) is 9.10. The Morgan fingerprint density at radius 1 is 1.06 bits per heavy atom. The average molecular weight is 434 g/mol. The first-order valence-electron chi connectivity index (χ1n) is 11.7. The lowest BCUT2D eigenvalue weighted by Crippen LogP contribution is -2.48. The summed E-state index contributed by atoms with van der Waals surface area (Å²) in [5, 5.41) is 3.01. The van der Waals surface area contributed by atoms with Crippen LogP contribution in [-0.4, -0.2) is 48.5 Å². The summed E-state index contributed by atoms with van der Waals surface area (Å²) in [6, 6.07) is 16.1. The summed E-state index contributed by atoms with van der Waals surface area (Å²) in [7, 11) is 1.69. The van der Waals surface area contributed by atoms with Crippen molar-refractivity contribution in [2.75, 3.05) is 20.2 Å². The Hall–Kier alpha value is -2.86. The fourth-order valence-corrected chi connectivity index (χ4v) is 5.02. The molecular weight excluding hydrogens is 402 g/mol. The van der Waals surface area contributed by atoms with Gasteiger partial charge in [-0.3, -0.25) is 14.7 Å². The highest BCUT2D eigenvalue weighted by Gasteiger charge is 2.45. The van der Waals surface area contributed by atoms with Crippen molar-refractivity contribution in [2.45, 2.75) is 56.7 Å². The number of hydrogen-bond acceptors (Lipinski definition) is 5. The largest absolute Gasteiger partial charge is 0.493 e. The normalized spacial score (nSPS) is 20.9. The zero-order valence-corrected chi connectivity index (χ0v) is 18.7. The number of nitrogens with zero attached hydrogens (tertiary/aromatic N) is 2. The Kier molecular flexibility index (Phi) is 5.87. The molecule has 168 valence electrons. The summed E-state index contributed by atoms with van der Waals surface area (Å²) in [6.07, 6.45) is 6.48. The van der Waals surface area contributed by atoms with Crippen molar-refractivity contribution >= 4 is 11.7 Å². The van der Waals surface area contributed by atoms with Crippen LogP contribution in [0.3, 0.4) is 0 Å². The molecule has 6 heteroatoms. The van der Waals surface area contributed by atoms with Gasteiger partial charge in [0, 0.05) is 25.2 Å². The van der Waals surface area contributed by atoms with Crippen molar-refractivity contribution in [3.8, 4) is 11.5 Å². The topological polar surface area (TPSA) is 63.2 Å². The van der Waals surface area contributed by atoms with Crippen molar-refractivity contribution in [2.24, 2.45) is 4.99 Å². The first-order chi connectivity index (χ1) is 15.6. The maximum atomic E-state index is 12.8. The van der Waals surface area contributed by atoms with Crippen LogP contribution in [0, 0.1) is 0 Å². The van der Waals surface area contributed by atoms with Gasteiger partial charge in [0.05, 0.1) is 13.2 Å². The first-order valence-corrected chi connectivity index (χ1v) is 11.7. The second kappa shape index (κ2) is 8.94. The molecule has 1 saturated carbocycles. The van der Waals surface area contributed by atoms with E-state index in [2.05, 4.69) is 22.3 Å². The lowest BCUT2D eigenvalue weighted by Gasteiger charge is -2.35. The van der Waals surface area contributed by atoms with E-state index in [1.54, 1.807) is 7.11 Å². The molecule has 1 N–H and O–H groups in total. The van der Waals surface area contributed by atoms with Crippen molar-refractivity contribution in [3.05, 3.63) is 59.7 Å². The molecule has 5 rings (SSSR count). The van der Waals surface area contributed by atoms with Gasteiger partial charge in [-0.2, -0.15) is 0 Å². The highest BCUT2D eigenvalue weighted by atomic mass is 16.5. The van der Waals surface area contributed by atoms with Crippen LogP contribution in [0.4, 0.5) is 0 Å². The molecule has 3 aliphatic rings. The second-order valence-electron chi connectivity index (χ2n) is 9.10. The summed E-state index contributed by atoms with van der Waals surface area (Å²) in [5.74, 6) is 2.38. The molecule has 2 aromatic carbocycles. The van der Waals surface area contributed by atoms with Crippen LogP contribution in [0.15, 0.2) is 53.5 Å². The minimum atomic E-state index is -0.627. The highest BCUT2D eigenvalue weighted by molar-refractivity contribution is 6.15. The van der Waals surface area contributed by atoms with E-state index < -0.39 is 5.54 Å². The number of benzene rings is 2. The number of carbonyl (C=O) groups excluding carboxylic acids is 1. The molecule has 2 heterocycles. The molecule has 0 bridgehead atoms. The fraction of sp³-hybridized carbons (Fsp3) is 0.462. The predicted octanol–water partition coefficient (Wildman–Crippen LogP) is 3.93. The van der Waals surface area contributed by atoms with Crippen molar-refractivity contribution in [1.29, 1.82) is 0 Å². The highest BCUT2D eigenvalue weighted by Crippen LogP contribution is 2.34. The van der Waals surface area contributed by atoms with Crippen LogP contribution in [0.5, 0.6) is 11.5 Å². The van der Waals surface area contributed by atoms with Crippen LogP contribution >= 0.6 is 0 Å². The number of aliphatic imine (C=N–C) groups is 1. The standard InChI is InChI=1S/C26H31N3O3/c1-31-22-12-11-19(17-23(22)32-21-9-5-6-10-21)18-29-15-13-26(14-16-29)25(30)27-24(28-26)20-7-3-2-4-8-20/h2-4,7-8,11-12,17,21H,5-6,9-10,13-16,18H2,1H3,(H,27,28,30). The van der Waals surface area contributed by atoms with Gasteiger partial charge in [0.2, 0.25) is 0 Å². The maximum absolute atomic E-state index is 12.8. The number of amidine groups is 1. The summed E-state index contributed by atoms with van der Waals surface area (Å²) in [4.78, 5) is 20.1. The fourth-order valence-electron chi connectivity index (χ4n) is 5.02. The number of amides is 1. The van der Waals surface area contributed by atoms with Crippen LogP contribution in [0.1, 0.15) is 49.7 Å². The number of rotatable bonds is 6. The molecule has 0 radical (unpaired) electrons. The monoisotopic (exact) mass is 433 g/mol. The molecule has 2 aromatic rings. The number of hydrogen-bond donors (Lipinski definition) is 1. The van der Waals surface area contributed by atoms with Crippen molar-refractivity contribution in [3.63, 3.8) is 0 Å². The molecule has 32 heavy (non-hydrogen) atoms. The van der Waals surface area contributed by atoms with Gasteiger partial charge in [0.25, 0.3) is 5.91 Å². The van der Waals surface area contributed by atoms with Gasteiger partial charge in [-0.05, 0) is 56.2 Å². The Bertz CT molecular complexity index is 991. The quantitative estimate of drug-likeness (QED) is 0.750. The molecule has 1 spiro atoms. The molecule has 6 nitrogen and oxygen atoms in total. The number of piperidine rings is 1. The molecule has 0 atom stereocenters. The number of nitrogens with one attached hydrogen (secondary N) is 1. The molecule has 2 aliphatic heterocycles. The number of carbonyl (C=O) groups is 1. The van der Waals surface area contributed by atoms with Crippen LogP contribution in [0.2, 0.25) is 0 Å². The minimum Gasteiger partial charge on any atom is -0.493 e. The number of methoxy groups -OCH3 is 1. The Morgan fingerprint density at radius 2 is 1.81 bits per heavy atom. The van der Waals surface area contributed by atoms with E-state index in [9.17, 15) is 4.79 Å². The van der Waals surface area contributed by atoms with Crippen LogP contribution in [0.25, 0.3) is 0 Å². The van der Waals surface area contributed by atoms with Crippen molar-refractivity contribution < 1.29 is 14.3 Å². The molecular formula is C26H31N3O3. The first kappa shape index (κ1) is 21.0. The molecule has 0 aromatic heterocycles. The summed E-state index contributed by atoms with van der Waals surface area (Å²) in [5.41, 5.74) is 1.55. The molecule has 1 saturated heterocycles. The summed E-state index contributed by atoms with van der Waals surface area (Å²) >= 11 is 0. The average Bonchev–Trinajstić information content (AvgIpc) is 3.44. The van der Waals surface area contributed by atoms with E-state index >= 15 is 0 Å². The van der Waals surface area contributed by atoms with E-state index in [0.717, 1.165) is 62.4 Å². The van der Waals surface area contributed by atoms with E-state index in [1.807, 2.05) is 36.4 Å². The summed E-state index contributed by atoms with van der Waals surface area (Å²) < 4.78 is 11.8. The lowest BCUT2D eigenvalue weighted by atomic mass is 9.88. The third kappa shape index (κ3) is 4.24. The van der Waals surface area contributed by atoms with Gasteiger partial charge < -0.3 is 14.8 Å². The Balaban J connectivity index is 1.24. The smallest absolute Gasteiger partial charge is 0.253 e. The molecule has 2 fully saturated rings. The summed E-state index contributed by atoms with van der Waals surface area (Å²) in [6.45, 7) is 2.51. The lowest BCUT2D eigenvalue weighted by molar-refractivity contribution is -0.125. The molecule has 0 unspecified atom stereocenters. The van der Waals surface area contributed by atoms with E-state index in [4.69, 9.17) is 14.5 Å². The van der Waals surface area contributed by atoms with Gasteiger partial charge in [-0.15, -0.1) is 0 Å². The van der Waals surface area contributed by atoms with Crippen molar-refractivity contribution in [1.82, 2.24) is 10.2 Å². The third-order valence-corrected chi connectivity index (χ3v) is 6.94. The number of ether oxygens (including phenoxy) is 2. The predicted molar refractivity (Wildman–Crippen MR) is 124 cm³/mol. The van der Waals surface area contributed by atoms with E-state index in [1.165, 1.54) is 18.4 Å².